The second kappa shape index (κ2) is 6.87. The molecule has 1 N–H and O–H groups in total. The van der Waals surface area contributed by atoms with Crippen LogP contribution in [0.25, 0.3) is 0 Å². The molecular formula is C16H21N3O4. The highest BCUT2D eigenvalue weighted by Gasteiger charge is 2.22. The highest BCUT2D eigenvalue weighted by atomic mass is 16.7. The smallest absolute Gasteiger partial charge is 0.233 e. The van der Waals surface area contributed by atoms with E-state index >= 15 is 0 Å². The second-order valence-electron chi connectivity index (χ2n) is 5.61. The van der Waals surface area contributed by atoms with Gasteiger partial charge in [0.15, 0.2) is 11.5 Å². The zero-order valence-electron chi connectivity index (χ0n) is 13.2. The van der Waals surface area contributed by atoms with Crippen molar-refractivity contribution in [3.05, 3.63) is 18.2 Å². The first-order valence-corrected chi connectivity index (χ1v) is 7.85. The van der Waals surface area contributed by atoms with Crippen LogP contribution >= 0.6 is 0 Å². The largest absolute Gasteiger partial charge is 0.454 e. The summed E-state index contributed by atoms with van der Waals surface area (Å²) in [6.07, 6.45) is -0.138. The molecule has 3 rings (SSSR count). The molecule has 0 spiro atoms. The number of hydrogen-bond acceptors (Lipinski definition) is 5. The van der Waals surface area contributed by atoms with E-state index in [1.165, 1.54) is 0 Å². The Balaban J connectivity index is 1.50. The number of carbonyl (C=O) groups excluding carboxylic acids is 2. The number of hydrogen-bond donors (Lipinski definition) is 1. The van der Waals surface area contributed by atoms with Gasteiger partial charge in [-0.15, -0.1) is 0 Å². The summed E-state index contributed by atoms with van der Waals surface area (Å²) in [5.74, 6) is 0.823. The van der Waals surface area contributed by atoms with Crippen LogP contribution in [0.5, 0.6) is 11.5 Å². The SMILES string of the molecule is CCN1CCN(C(=O)CC(=O)Nc2ccc3c(c2)OCO3)CC1. The fourth-order valence-corrected chi connectivity index (χ4v) is 2.74. The van der Waals surface area contributed by atoms with Gasteiger partial charge in [0.1, 0.15) is 6.42 Å². The minimum Gasteiger partial charge on any atom is -0.454 e. The molecule has 0 radical (unpaired) electrons. The maximum absolute atomic E-state index is 12.2. The first-order valence-electron chi connectivity index (χ1n) is 7.85. The summed E-state index contributed by atoms with van der Waals surface area (Å²) >= 11 is 0. The number of amides is 2. The van der Waals surface area contributed by atoms with Gasteiger partial charge in [0.25, 0.3) is 0 Å². The van der Waals surface area contributed by atoms with E-state index in [4.69, 9.17) is 9.47 Å². The van der Waals surface area contributed by atoms with E-state index in [2.05, 4.69) is 17.1 Å². The lowest BCUT2D eigenvalue weighted by Crippen LogP contribution is -2.49. The maximum atomic E-state index is 12.2. The number of likely N-dealkylation sites (N-methyl/N-ethyl adjacent to an activating group) is 1. The van der Waals surface area contributed by atoms with Crippen molar-refractivity contribution >= 4 is 17.5 Å². The molecule has 1 fully saturated rings. The van der Waals surface area contributed by atoms with E-state index in [1.807, 2.05) is 0 Å². The molecule has 0 aliphatic carbocycles. The summed E-state index contributed by atoms with van der Waals surface area (Å²) in [6, 6.07) is 5.17. The van der Waals surface area contributed by atoms with Gasteiger partial charge in [0.05, 0.1) is 0 Å². The van der Waals surface area contributed by atoms with E-state index in [9.17, 15) is 9.59 Å². The van der Waals surface area contributed by atoms with E-state index in [0.29, 0.717) is 30.3 Å². The van der Waals surface area contributed by atoms with Gasteiger partial charge >= 0.3 is 0 Å². The van der Waals surface area contributed by atoms with Gasteiger partial charge in [-0.25, -0.2) is 0 Å². The van der Waals surface area contributed by atoms with Crippen molar-refractivity contribution in [2.45, 2.75) is 13.3 Å². The summed E-state index contributed by atoms with van der Waals surface area (Å²) in [4.78, 5) is 28.3. The lowest BCUT2D eigenvalue weighted by molar-refractivity contribution is -0.136. The molecule has 2 amide bonds. The third kappa shape index (κ3) is 3.73. The van der Waals surface area contributed by atoms with Crippen molar-refractivity contribution in [2.75, 3.05) is 44.8 Å². The molecular weight excluding hydrogens is 298 g/mol. The molecule has 124 valence electrons. The standard InChI is InChI=1S/C16H21N3O4/c1-2-18-5-7-19(8-6-18)16(21)10-15(20)17-12-3-4-13-14(9-12)23-11-22-13/h3-4,9H,2,5-8,10-11H2,1H3,(H,17,20). The van der Waals surface area contributed by atoms with Crippen LogP contribution < -0.4 is 14.8 Å². The van der Waals surface area contributed by atoms with Crippen molar-refractivity contribution in [3.63, 3.8) is 0 Å². The molecule has 23 heavy (non-hydrogen) atoms. The van der Waals surface area contributed by atoms with Crippen LogP contribution in [0.2, 0.25) is 0 Å². The third-order valence-corrected chi connectivity index (χ3v) is 4.14. The molecule has 1 saturated heterocycles. The Kier molecular flexibility index (Phi) is 4.66. The lowest BCUT2D eigenvalue weighted by atomic mass is 10.2. The Morgan fingerprint density at radius 3 is 2.61 bits per heavy atom. The lowest BCUT2D eigenvalue weighted by Gasteiger charge is -2.33. The number of nitrogens with zero attached hydrogens (tertiary/aromatic N) is 2. The first kappa shape index (κ1) is 15.6. The number of ether oxygens (including phenoxy) is 2. The van der Waals surface area contributed by atoms with Gasteiger partial charge in [-0.05, 0) is 18.7 Å². The Morgan fingerprint density at radius 2 is 1.87 bits per heavy atom. The highest BCUT2D eigenvalue weighted by Crippen LogP contribution is 2.34. The summed E-state index contributed by atoms with van der Waals surface area (Å²) < 4.78 is 10.5. The third-order valence-electron chi connectivity index (χ3n) is 4.14. The normalized spacial score (nSPS) is 17.2. The predicted molar refractivity (Wildman–Crippen MR) is 84.5 cm³/mol. The average Bonchev–Trinajstić information content (AvgIpc) is 3.02. The molecule has 7 heteroatoms. The number of carbonyl (C=O) groups is 2. The van der Waals surface area contributed by atoms with Gasteiger partial charge in [-0.3, -0.25) is 9.59 Å². The number of rotatable bonds is 4. The monoisotopic (exact) mass is 319 g/mol. The summed E-state index contributed by atoms with van der Waals surface area (Å²) in [6.45, 7) is 6.39. The molecule has 0 saturated carbocycles. The van der Waals surface area contributed by atoms with Crippen molar-refractivity contribution in [1.29, 1.82) is 0 Å². The van der Waals surface area contributed by atoms with Gasteiger partial charge in [0, 0.05) is 37.9 Å². The topological polar surface area (TPSA) is 71.1 Å². The second-order valence-corrected chi connectivity index (χ2v) is 5.61. The predicted octanol–water partition coefficient (Wildman–Crippen LogP) is 0.908. The summed E-state index contributed by atoms with van der Waals surface area (Å²) in [5.41, 5.74) is 0.600. The number of nitrogens with one attached hydrogen (secondary N) is 1. The van der Waals surface area contributed by atoms with Crippen molar-refractivity contribution < 1.29 is 19.1 Å². The van der Waals surface area contributed by atoms with Gasteiger partial charge < -0.3 is 24.6 Å². The van der Waals surface area contributed by atoms with Crippen molar-refractivity contribution in [3.8, 4) is 11.5 Å². The Bertz CT molecular complexity index is 597. The number of fused-ring (bicyclic) bond motifs is 1. The van der Waals surface area contributed by atoms with E-state index in [0.717, 1.165) is 19.6 Å². The fraction of sp³-hybridized carbons (Fsp3) is 0.500. The van der Waals surface area contributed by atoms with Crippen LogP contribution in [0.3, 0.4) is 0 Å². The van der Waals surface area contributed by atoms with Crippen LogP contribution in [0.4, 0.5) is 5.69 Å². The van der Waals surface area contributed by atoms with Crippen LogP contribution in [0.15, 0.2) is 18.2 Å². The van der Waals surface area contributed by atoms with E-state index < -0.39 is 0 Å². The Hall–Kier alpha value is -2.28. The Labute approximate surface area is 135 Å². The molecule has 2 aliphatic heterocycles. The number of anilines is 1. The van der Waals surface area contributed by atoms with E-state index in [-0.39, 0.29) is 25.0 Å². The summed E-state index contributed by atoms with van der Waals surface area (Å²) in [5, 5.41) is 2.73. The minimum atomic E-state index is -0.313. The molecule has 7 nitrogen and oxygen atoms in total. The molecule has 0 aromatic heterocycles. The van der Waals surface area contributed by atoms with Gasteiger partial charge in [-0.2, -0.15) is 0 Å². The zero-order valence-corrected chi connectivity index (χ0v) is 13.2. The van der Waals surface area contributed by atoms with E-state index in [1.54, 1.807) is 23.1 Å². The molecule has 0 unspecified atom stereocenters. The Morgan fingerprint density at radius 1 is 1.13 bits per heavy atom. The van der Waals surface area contributed by atoms with Crippen LogP contribution in [-0.2, 0) is 9.59 Å². The van der Waals surface area contributed by atoms with Crippen LogP contribution in [0.1, 0.15) is 13.3 Å². The quantitative estimate of drug-likeness (QED) is 0.835. The molecule has 1 aromatic carbocycles. The molecule has 1 aromatic rings. The molecule has 0 bridgehead atoms. The fourth-order valence-electron chi connectivity index (χ4n) is 2.74. The van der Waals surface area contributed by atoms with Crippen molar-refractivity contribution in [1.82, 2.24) is 9.80 Å². The van der Waals surface area contributed by atoms with Gasteiger partial charge in [-0.1, -0.05) is 6.92 Å². The molecule has 2 aliphatic rings. The molecule has 0 atom stereocenters. The highest BCUT2D eigenvalue weighted by molar-refractivity contribution is 6.03. The number of benzene rings is 1. The minimum absolute atomic E-state index is 0.126. The molecule has 2 heterocycles. The zero-order chi connectivity index (χ0) is 16.2. The first-order chi connectivity index (χ1) is 11.2. The number of piperazine rings is 1. The van der Waals surface area contributed by atoms with Gasteiger partial charge in [0.2, 0.25) is 18.6 Å². The van der Waals surface area contributed by atoms with Crippen LogP contribution in [-0.4, -0.2) is 61.1 Å². The maximum Gasteiger partial charge on any atom is 0.233 e. The van der Waals surface area contributed by atoms with Crippen LogP contribution in [0, 0.1) is 0 Å². The average molecular weight is 319 g/mol. The summed E-state index contributed by atoms with van der Waals surface area (Å²) in [7, 11) is 0. The van der Waals surface area contributed by atoms with Crippen molar-refractivity contribution in [2.24, 2.45) is 0 Å².